The molecule has 50 heavy (non-hydrogen) atoms. The number of hydrogen-bond donors (Lipinski definition) is 1. The molecule has 3 aromatic rings. The summed E-state index contributed by atoms with van der Waals surface area (Å²) in [6, 6.07) is 22.5. The SMILES string of the molecule is C=CCN1C(=O)[C@@]2(O[C@@H](CC(=O)N3Cc4ccccc4C[C@H]3CO)[C@H]([Si](C)(C)F)[C@H]2C)c2cc(N3N=C(c4ccccc4)CCC3=O)ccc21. The third kappa shape index (κ3) is 5.61. The Morgan fingerprint density at radius 3 is 2.50 bits per heavy atom. The van der Waals surface area contributed by atoms with Crippen molar-refractivity contribution in [1.29, 1.82) is 0 Å². The fourth-order valence-corrected chi connectivity index (χ4v) is 11.1. The second kappa shape index (κ2) is 13.0. The van der Waals surface area contributed by atoms with Crippen molar-refractivity contribution in [2.45, 2.75) is 75.5 Å². The standard InChI is InChI=1S/C39H43FN4O5Si/c1-5-19-42-33-17-15-29(44-35(46)18-16-32(41-44)26-11-7-6-8-12-26)21-31(33)39(38(42)48)25(2)37(50(3,4)40)34(49-39)22-36(47)43-23-28-14-10-9-13-27(28)20-30(43)24-45/h5-15,17,21,25,30,34,37,45H,1,16,18-20,22-24H2,2-4H3/t25-,30+,34+,37-,39+/m1/s1. The van der Waals surface area contributed by atoms with Crippen LogP contribution in [0.25, 0.3) is 0 Å². The minimum Gasteiger partial charge on any atom is -0.394 e. The minimum atomic E-state index is -3.56. The minimum absolute atomic E-state index is 0.130. The molecule has 3 amide bonds. The number of aliphatic hydroxyl groups is 1. The van der Waals surface area contributed by atoms with Crippen LogP contribution in [0.2, 0.25) is 18.6 Å². The van der Waals surface area contributed by atoms with Crippen LogP contribution in [0.1, 0.15) is 48.4 Å². The van der Waals surface area contributed by atoms with Crippen LogP contribution in [0.5, 0.6) is 0 Å². The molecule has 9 nitrogen and oxygen atoms in total. The number of hydrazone groups is 1. The van der Waals surface area contributed by atoms with E-state index in [1.165, 1.54) is 5.01 Å². The molecule has 11 heteroatoms. The highest BCUT2D eigenvalue weighted by molar-refractivity contribution is 6.72. The molecule has 4 aliphatic heterocycles. The van der Waals surface area contributed by atoms with Gasteiger partial charge in [0.2, 0.25) is 20.2 Å². The van der Waals surface area contributed by atoms with E-state index < -0.39 is 37.6 Å². The maximum absolute atomic E-state index is 16.5. The summed E-state index contributed by atoms with van der Waals surface area (Å²) in [7, 11) is -3.56. The largest absolute Gasteiger partial charge is 0.394 e. The van der Waals surface area contributed by atoms with Gasteiger partial charge in [0.15, 0.2) is 5.60 Å². The third-order valence-corrected chi connectivity index (χ3v) is 13.4. The van der Waals surface area contributed by atoms with Gasteiger partial charge in [-0.15, -0.1) is 6.58 Å². The molecule has 4 aliphatic rings. The van der Waals surface area contributed by atoms with Crippen LogP contribution in [0.15, 0.2) is 90.6 Å². The Bertz CT molecular complexity index is 1880. The smallest absolute Gasteiger partial charge is 0.264 e. The van der Waals surface area contributed by atoms with E-state index in [9.17, 15) is 19.5 Å². The van der Waals surface area contributed by atoms with Gasteiger partial charge in [-0.05, 0) is 54.4 Å². The number of carbonyl (C=O) groups is 3. The molecule has 1 spiro atoms. The molecule has 0 saturated carbocycles. The van der Waals surface area contributed by atoms with Crippen LogP contribution < -0.4 is 9.91 Å². The van der Waals surface area contributed by atoms with Gasteiger partial charge in [0, 0.05) is 43.0 Å². The normalized spacial score (nSPS) is 26.3. The third-order valence-electron chi connectivity index (χ3n) is 10.9. The van der Waals surface area contributed by atoms with E-state index in [4.69, 9.17) is 9.84 Å². The number of rotatable bonds is 8. The van der Waals surface area contributed by atoms with Crippen LogP contribution in [-0.4, -0.2) is 67.1 Å². The van der Waals surface area contributed by atoms with Gasteiger partial charge >= 0.3 is 0 Å². The number of aliphatic hydroxyl groups excluding tert-OH is 1. The molecule has 260 valence electrons. The van der Waals surface area contributed by atoms with Gasteiger partial charge in [-0.1, -0.05) is 67.6 Å². The first-order valence-electron chi connectivity index (χ1n) is 17.3. The van der Waals surface area contributed by atoms with Crippen molar-refractivity contribution in [2.75, 3.05) is 23.1 Å². The van der Waals surface area contributed by atoms with E-state index in [0.717, 1.165) is 22.4 Å². The van der Waals surface area contributed by atoms with Gasteiger partial charge in [-0.3, -0.25) is 14.4 Å². The summed E-state index contributed by atoms with van der Waals surface area (Å²) >= 11 is 0. The number of benzene rings is 3. The number of ether oxygens (including phenoxy) is 1. The van der Waals surface area contributed by atoms with Crippen molar-refractivity contribution in [3.8, 4) is 0 Å². The Balaban J connectivity index is 1.27. The molecule has 0 radical (unpaired) electrons. The molecule has 5 atom stereocenters. The van der Waals surface area contributed by atoms with Crippen molar-refractivity contribution < 1.29 is 28.3 Å². The van der Waals surface area contributed by atoms with E-state index in [1.54, 1.807) is 47.2 Å². The van der Waals surface area contributed by atoms with E-state index in [2.05, 4.69) is 6.58 Å². The van der Waals surface area contributed by atoms with Crippen LogP contribution in [0, 0.1) is 5.92 Å². The summed E-state index contributed by atoms with van der Waals surface area (Å²) in [6.45, 7) is 9.26. The number of hydrogen-bond acceptors (Lipinski definition) is 6. The van der Waals surface area contributed by atoms with Gasteiger partial charge in [-0.2, -0.15) is 5.10 Å². The summed E-state index contributed by atoms with van der Waals surface area (Å²) in [4.78, 5) is 45.3. The lowest BCUT2D eigenvalue weighted by molar-refractivity contribution is -0.150. The molecule has 0 unspecified atom stereocenters. The van der Waals surface area contributed by atoms with E-state index >= 15 is 4.11 Å². The first-order chi connectivity index (χ1) is 24.0. The Morgan fingerprint density at radius 2 is 1.80 bits per heavy atom. The quantitative estimate of drug-likeness (QED) is 0.181. The second-order valence-electron chi connectivity index (χ2n) is 14.3. The number of fused-ring (bicyclic) bond motifs is 3. The lowest BCUT2D eigenvalue weighted by atomic mass is 9.82. The molecule has 1 fully saturated rings. The Morgan fingerprint density at radius 1 is 1.08 bits per heavy atom. The van der Waals surface area contributed by atoms with Gasteiger partial charge in [0.25, 0.3) is 5.91 Å². The lowest BCUT2D eigenvalue weighted by Gasteiger charge is -2.37. The number of halogens is 1. The molecule has 1 saturated heterocycles. The number of anilines is 2. The van der Waals surface area contributed by atoms with Crippen molar-refractivity contribution in [3.05, 3.63) is 108 Å². The lowest BCUT2D eigenvalue weighted by Crippen LogP contribution is -2.48. The molecule has 7 rings (SSSR count). The van der Waals surface area contributed by atoms with Crippen molar-refractivity contribution in [1.82, 2.24) is 4.90 Å². The zero-order valence-corrected chi connectivity index (χ0v) is 29.7. The fraction of sp³-hybridized carbons (Fsp3) is 0.385. The predicted molar refractivity (Wildman–Crippen MR) is 193 cm³/mol. The second-order valence-corrected chi connectivity index (χ2v) is 18.1. The fourth-order valence-electron chi connectivity index (χ4n) is 8.60. The van der Waals surface area contributed by atoms with E-state index in [1.807, 2.05) is 61.5 Å². The Kier molecular flexibility index (Phi) is 8.86. The summed E-state index contributed by atoms with van der Waals surface area (Å²) < 4.78 is 23.4. The van der Waals surface area contributed by atoms with Gasteiger partial charge < -0.3 is 23.8 Å². The zero-order chi connectivity index (χ0) is 35.4. The molecule has 3 aromatic carbocycles. The Labute approximate surface area is 293 Å². The summed E-state index contributed by atoms with van der Waals surface area (Å²) in [5.41, 5.74) is 3.13. The number of amides is 3. The summed E-state index contributed by atoms with van der Waals surface area (Å²) in [6.07, 6.45) is 1.92. The number of carbonyl (C=O) groups excluding carboxylic acids is 3. The average Bonchev–Trinajstić information content (AvgIpc) is 3.54. The molecular formula is C39H43FN4O5Si. The topological polar surface area (TPSA) is 103 Å². The molecule has 0 bridgehead atoms. The van der Waals surface area contributed by atoms with Gasteiger partial charge in [0.05, 0.1) is 42.3 Å². The first kappa shape index (κ1) is 34.0. The predicted octanol–water partition coefficient (Wildman–Crippen LogP) is 5.86. The highest BCUT2D eigenvalue weighted by atomic mass is 28.4. The summed E-state index contributed by atoms with van der Waals surface area (Å²) in [5.74, 6) is -1.39. The first-order valence-corrected chi connectivity index (χ1v) is 20.3. The maximum atomic E-state index is 16.5. The van der Waals surface area contributed by atoms with Crippen LogP contribution in [0.3, 0.4) is 0 Å². The van der Waals surface area contributed by atoms with Crippen molar-refractivity contribution in [3.63, 3.8) is 0 Å². The molecule has 4 heterocycles. The maximum Gasteiger partial charge on any atom is 0.264 e. The van der Waals surface area contributed by atoms with E-state index in [0.29, 0.717) is 36.3 Å². The monoisotopic (exact) mass is 694 g/mol. The van der Waals surface area contributed by atoms with E-state index in [-0.39, 0.29) is 43.7 Å². The van der Waals surface area contributed by atoms with Crippen LogP contribution in [0.4, 0.5) is 15.5 Å². The van der Waals surface area contributed by atoms with Crippen LogP contribution >= 0.6 is 0 Å². The molecule has 1 N–H and O–H groups in total. The average molecular weight is 695 g/mol. The van der Waals surface area contributed by atoms with Gasteiger partial charge in [-0.25, -0.2) is 5.01 Å². The number of nitrogens with zero attached hydrogens (tertiary/aromatic N) is 4. The molecular weight excluding hydrogens is 652 g/mol. The van der Waals surface area contributed by atoms with Gasteiger partial charge in [0.1, 0.15) is 0 Å². The van der Waals surface area contributed by atoms with Crippen molar-refractivity contribution >= 4 is 43.2 Å². The highest BCUT2D eigenvalue weighted by Crippen LogP contribution is 2.60. The summed E-state index contributed by atoms with van der Waals surface area (Å²) in [5, 5.41) is 16.4. The van der Waals surface area contributed by atoms with Crippen LogP contribution in [-0.2, 0) is 37.7 Å². The Hall–Kier alpha value is -4.45. The highest BCUT2D eigenvalue weighted by Gasteiger charge is 2.67. The van der Waals surface area contributed by atoms with Crippen molar-refractivity contribution in [2.24, 2.45) is 11.0 Å². The molecule has 0 aromatic heterocycles. The zero-order valence-electron chi connectivity index (χ0n) is 28.7. The molecule has 0 aliphatic carbocycles.